The minimum Gasteiger partial charge on any atom is -0.328 e. The van der Waals surface area contributed by atoms with E-state index in [1.165, 1.54) is 96.3 Å². The van der Waals surface area contributed by atoms with Crippen LogP contribution in [-0.2, 0) is 0 Å². The lowest BCUT2D eigenvalue weighted by atomic mass is 10.0. The van der Waals surface area contributed by atoms with Crippen LogP contribution in [0.4, 0.5) is 0 Å². The van der Waals surface area contributed by atoms with Crippen LogP contribution in [0, 0.1) is 0 Å². The minimum atomic E-state index is -0.935. The Morgan fingerprint density at radius 2 is 1.24 bits per heavy atom. The summed E-state index contributed by atoms with van der Waals surface area (Å²) in [6.45, 7) is 4.40. The van der Waals surface area contributed by atoms with E-state index in [4.69, 9.17) is 5.73 Å². The Bertz CT molecular complexity index is 454. The summed E-state index contributed by atoms with van der Waals surface area (Å²) in [5.41, 5.74) is 5.74. The lowest BCUT2D eigenvalue weighted by Crippen LogP contribution is -2.38. The van der Waals surface area contributed by atoms with Gasteiger partial charge in [0, 0.05) is 6.04 Å². The highest BCUT2D eigenvalue weighted by atomic mass is 32.2. The molecule has 1 atom stereocenters. The largest absolute Gasteiger partial charge is 0.328 e. The molecule has 0 radical (unpaired) electrons. The number of nitrogens with two attached hydrogens (primary N) is 1. The number of thiol groups is 4. The number of aliphatic imine (C=N–C) groups is 2. The average molecular weight is 481 g/mol. The Morgan fingerprint density at radius 3 is 1.59 bits per heavy atom. The fourth-order valence-corrected chi connectivity index (χ4v) is 4.45. The monoisotopic (exact) mass is 480 g/mol. The number of nitrogens with one attached hydrogen (secondary N) is 1. The number of nitrogens with zero attached hydrogens (tertiary/aromatic N) is 2. The van der Waals surface area contributed by atoms with E-state index in [0.29, 0.717) is 16.4 Å². The number of hydrogen-bond acceptors (Lipinski definition) is 6. The SMILES string of the molecule is CCCCCCCCCCCCCCCCC(C)N.SC1=NC(S)(S)NC(S)=N1. The van der Waals surface area contributed by atoms with Crippen LogP contribution in [0.15, 0.2) is 9.98 Å². The zero-order valence-electron chi connectivity index (χ0n) is 18.4. The maximum atomic E-state index is 5.74. The summed E-state index contributed by atoms with van der Waals surface area (Å²) in [5.74, 6) is 0. The molecule has 0 amide bonds. The van der Waals surface area contributed by atoms with Crippen molar-refractivity contribution in [2.24, 2.45) is 15.7 Å². The molecule has 172 valence electrons. The summed E-state index contributed by atoms with van der Waals surface area (Å²) in [7, 11) is 0. The molecule has 0 saturated heterocycles. The molecule has 1 unspecified atom stereocenters. The zero-order chi connectivity index (χ0) is 22.0. The van der Waals surface area contributed by atoms with Crippen LogP contribution in [0.25, 0.3) is 0 Å². The molecule has 1 rings (SSSR count). The van der Waals surface area contributed by atoms with Crippen LogP contribution in [0.3, 0.4) is 0 Å². The first-order valence-corrected chi connectivity index (χ1v) is 13.1. The summed E-state index contributed by atoms with van der Waals surface area (Å²) in [4.78, 5) is 7.59. The molecule has 1 aliphatic rings. The minimum absolute atomic E-state index is 0.314. The molecule has 0 aromatic heterocycles. The second-order valence-electron chi connectivity index (χ2n) is 7.97. The van der Waals surface area contributed by atoms with Crippen LogP contribution < -0.4 is 11.1 Å². The quantitative estimate of drug-likeness (QED) is 0.0883. The molecule has 29 heavy (non-hydrogen) atoms. The molecule has 3 N–H and O–H groups in total. The summed E-state index contributed by atoms with van der Waals surface area (Å²) < 4.78 is -0.935. The van der Waals surface area contributed by atoms with E-state index < -0.39 is 4.33 Å². The Balaban J connectivity index is 0.000000651. The van der Waals surface area contributed by atoms with Gasteiger partial charge in [0.2, 0.25) is 4.33 Å². The molecule has 0 fully saturated rings. The first-order valence-electron chi connectivity index (χ1n) is 11.3. The molecule has 8 heteroatoms. The van der Waals surface area contributed by atoms with E-state index in [0.717, 1.165) is 0 Å². The van der Waals surface area contributed by atoms with E-state index in [1.54, 1.807) is 0 Å². The van der Waals surface area contributed by atoms with Crippen molar-refractivity contribution in [3.63, 3.8) is 0 Å². The Hall–Kier alpha value is 0.500. The van der Waals surface area contributed by atoms with Crippen molar-refractivity contribution in [3.8, 4) is 0 Å². The number of amidine groups is 2. The van der Waals surface area contributed by atoms with Crippen LogP contribution in [0.2, 0.25) is 0 Å². The van der Waals surface area contributed by atoms with Crippen LogP contribution >= 0.6 is 50.5 Å². The number of rotatable bonds is 15. The molecule has 0 bridgehead atoms. The van der Waals surface area contributed by atoms with Gasteiger partial charge in [-0.3, -0.25) is 0 Å². The third-order valence-corrected chi connectivity index (χ3v) is 5.59. The fourth-order valence-electron chi connectivity index (χ4n) is 3.13. The zero-order valence-corrected chi connectivity index (χ0v) is 22.0. The summed E-state index contributed by atoms with van der Waals surface area (Å²) >= 11 is 15.9. The molecule has 0 aromatic rings. The molecule has 1 aliphatic heterocycles. The van der Waals surface area contributed by atoms with Crippen LogP contribution in [-0.4, -0.2) is 20.7 Å². The standard InChI is InChI=1S/C18H39N.C3H5N3S4/c1-3-4-5-6-7-8-9-10-11-12-13-14-15-16-17-18(2)19;7-1-4-2(8)6-3(9,10)5-1/h18H,3-17,19H2,1-2H3;9-10H,(H3,4,5,6,7,8). The maximum Gasteiger partial charge on any atom is 0.224 e. The second-order valence-corrected chi connectivity index (χ2v) is 10.4. The van der Waals surface area contributed by atoms with Gasteiger partial charge in [-0.25, -0.2) is 4.99 Å². The Morgan fingerprint density at radius 1 is 0.828 bits per heavy atom. The third kappa shape index (κ3) is 21.5. The molecule has 0 aliphatic carbocycles. The van der Waals surface area contributed by atoms with Gasteiger partial charge in [0.15, 0.2) is 10.3 Å². The molecule has 0 aromatic carbocycles. The van der Waals surface area contributed by atoms with Crippen molar-refractivity contribution in [3.05, 3.63) is 0 Å². The fraction of sp³-hybridized carbons (Fsp3) is 0.905. The van der Waals surface area contributed by atoms with E-state index in [9.17, 15) is 0 Å². The topological polar surface area (TPSA) is 62.8 Å². The van der Waals surface area contributed by atoms with Crippen molar-refractivity contribution in [2.45, 2.75) is 121 Å². The van der Waals surface area contributed by atoms with Gasteiger partial charge in [0.05, 0.1) is 0 Å². The average Bonchev–Trinajstić information content (AvgIpc) is 2.60. The van der Waals surface area contributed by atoms with E-state index in [1.807, 2.05) is 0 Å². The first-order chi connectivity index (χ1) is 13.8. The van der Waals surface area contributed by atoms with E-state index in [-0.39, 0.29) is 0 Å². The highest BCUT2D eigenvalue weighted by Gasteiger charge is 2.22. The summed E-state index contributed by atoms with van der Waals surface area (Å²) in [6.07, 6.45) is 21.3. The second kappa shape index (κ2) is 19.2. The molecular formula is C21H44N4S4. The third-order valence-electron chi connectivity index (χ3n) is 4.75. The molecular weight excluding hydrogens is 437 g/mol. The van der Waals surface area contributed by atoms with Gasteiger partial charge in [-0.05, 0) is 13.3 Å². The van der Waals surface area contributed by atoms with Crippen molar-refractivity contribution >= 4 is 60.9 Å². The smallest absolute Gasteiger partial charge is 0.224 e. The van der Waals surface area contributed by atoms with Crippen molar-refractivity contribution in [1.82, 2.24) is 5.32 Å². The molecule has 4 nitrogen and oxygen atoms in total. The van der Waals surface area contributed by atoms with Gasteiger partial charge in [0.25, 0.3) is 0 Å². The van der Waals surface area contributed by atoms with Crippen LogP contribution in [0.5, 0.6) is 0 Å². The van der Waals surface area contributed by atoms with E-state index >= 15 is 0 Å². The summed E-state index contributed by atoms with van der Waals surface area (Å²) in [5, 5.41) is 3.41. The highest BCUT2D eigenvalue weighted by molar-refractivity contribution is 8.02. The van der Waals surface area contributed by atoms with Crippen molar-refractivity contribution < 1.29 is 0 Å². The Labute approximate surface area is 201 Å². The molecule has 1 heterocycles. The molecule has 0 saturated carbocycles. The van der Waals surface area contributed by atoms with E-state index in [2.05, 4.69) is 79.7 Å². The predicted molar refractivity (Wildman–Crippen MR) is 145 cm³/mol. The lowest BCUT2D eigenvalue weighted by Gasteiger charge is -2.22. The normalized spacial score (nSPS) is 16.2. The van der Waals surface area contributed by atoms with Crippen LogP contribution in [0.1, 0.15) is 110 Å². The maximum absolute atomic E-state index is 5.74. The number of unbranched alkanes of at least 4 members (excludes halogenated alkanes) is 13. The van der Waals surface area contributed by atoms with Gasteiger partial charge >= 0.3 is 0 Å². The van der Waals surface area contributed by atoms with Crippen molar-refractivity contribution in [1.29, 1.82) is 0 Å². The van der Waals surface area contributed by atoms with Gasteiger partial charge in [-0.2, -0.15) is 4.99 Å². The van der Waals surface area contributed by atoms with Gasteiger partial charge < -0.3 is 11.1 Å². The van der Waals surface area contributed by atoms with Gasteiger partial charge in [0.1, 0.15) is 0 Å². The number of hydrogen-bond donors (Lipinski definition) is 6. The van der Waals surface area contributed by atoms with Crippen molar-refractivity contribution in [2.75, 3.05) is 0 Å². The summed E-state index contributed by atoms with van der Waals surface area (Å²) in [6, 6.07) is 0.400. The predicted octanol–water partition coefficient (Wildman–Crippen LogP) is 6.84. The lowest BCUT2D eigenvalue weighted by molar-refractivity contribution is 0.523. The molecule has 0 spiro atoms. The highest BCUT2D eigenvalue weighted by Crippen LogP contribution is 2.21. The van der Waals surface area contributed by atoms with Gasteiger partial charge in [-0.15, -0.1) is 50.5 Å². The Kier molecular flexibility index (Phi) is 19.5. The first kappa shape index (κ1) is 29.5. The van der Waals surface area contributed by atoms with Gasteiger partial charge in [-0.1, -0.05) is 96.8 Å².